The number of carbonyl (C=O) groups is 1. The third-order valence-electron chi connectivity index (χ3n) is 4.79. The molecule has 1 heterocycles. The van der Waals surface area contributed by atoms with Crippen molar-refractivity contribution in [3.05, 3.63) is 35.9 Å². The van der Waals surface area contributed by atoms with Crippen LogP contribution in [0.15, 0.2) is 30.3 Å². The Hall–Kier alpha value is -1.35. The van der Waals surface area contributed by atoms with Gasteiger partial charge in [-0.2, -0.15) is 0 Å². The molecule has 1 fully saturated rings. The summed E-state index contributed by atoms with van der Waals surface area (Å²) < 4.78 is 0. The number of likely N-dealkylation sites (tertiary alicyclic amines) is 1. The highest BCUT2D eigenvalue weighted by molar-refractivity contribution is 5.94. The fraction of sp³-hybridized carbons (Fsp3) is 0.650. The van der Waals surface area contributed by atoms with Crippen LogP contribution in [-0.2, 0) is 0 Å². The zero-order valence-corrected chi connectivity index (χ0v) is 15.0. The maximum absolute atomic E-state index is 12.5. The molecule has 1 amide bonds. The van der Waals surface area contributed by atoms with Gasteiger partial charge in [0.1, 0.15) is 0 Å². The van der Waals surface area contributed by atoms with E-state index in [0.717, 1.165) is 37.4 Å². The number of carbonyl (C=O) groups excluding carboxylic acids is 1. The highest BCUT2D eigenvalue weighted by Crippen LogP contribution is 2.20. The molecule has 0 aliphatic carbocycles. The first-order valence-electron chi connectivity index (χ1n) is 9.20. The molecule has 0 bridgehead atoms. The fourth-order valence-electron chi connectivity index (χ4n) is 3.39. The van der Waals surface area contributed by atoms with Gasteiger partial charge in [0.05, 0.1) is 0 Å². The van der Waals surface area contributed by atoms with E-state index in [1.807, 2.05) is 35.2 Å². The second-order valence-corrected chi connectivity index (χ2v) is 7.11. The zero-order valence-electron chi connectivity index (χ0n) is 15.0. The Labute approximate surface area is 141 Å². The molecule has 0 spiro atoms. The largest absolute Gasteiger partial charge is 0.339 e. The van der Waals surface area contributed by atoms with Gasteiger partial charge in [-0.25, -0.2) is 0 Å². The average Bonchev–Trinajstić information content (AvgIpc) is 2.59. The first-order valence-corrected chi connectivity index (χ1v) is 9.20. The SMILES string of the molecule is CCCN(CCC(C)C)C1CCN(C(=O)c2ccccc2)CC1. The van der Waals surface area contributed by atoms with Gasteiger partial charge in [-0.1, -0.05) is 39.0 Å². The maximum atomic E-state index is 12.5. The first kappa shape index (κ1) is 18.0. The van der Waals surface area contributed by atoms with Crippen molar-refractivity contribution in [3.63, 3.8) is 0 Å². The van der Waals surface area contributed by atoms with E-state index < -0.39 is 0 Å². The Balaban J connectivity index is 1.87. The van der Waals surface area contributed by atoms with Gasteiger partial charge in [0.2, 0.25) is 0 Å². The van der Waals surface area contributed by atoms with E-state index in [2.05, 4.69) is 25.7 Å². The van der Waals surface area contributed by atoms with Gasteiger partial charge < -0.3 is 9.80 Å². The number of hydrogen-bond donors (Lipinski definition) is 0. The van der Waals surface area contributed by atoms with Gasteiger partial charge in [-0.05, 0) is 56.8 Å². The monoisotopic (exact) mass is 316 g/mol. The van der Waals surface area contributed by atoms with E-state index in [4.69, 9.17) is 0 Å². The van der Waals surface area contributed by atoms with Crippen LogP contribution < -0.4 is 0 Å². The second-order valence-electron chi connectivity index (χ2n) is 7.11. The van der Waals surface area contributed by atoms with Gasteiger partial charge >= 0.3 is 0 Å². The average molecular weight is 316 g/mol. The topological polar surface area (TPSA) is 23.6 Å². The Kier molecular flexibility index (Phi) is 7.10. The number of benzene rings is 1. The molecule has 0 saturated carbocycles. The molecular formula is C20H32N2O. The van der Waals surface area contributed by atoms with E-state index in [0.29, 0.717) is 6.04 Å². The summed E-state index contributed by atoms with van der Waals surface area (Å²) in [5.41, 5.74) is 0.816. The van der Waals surface area contributed by atoms with Crippen LogP contribution in [0.25, 0.3) is 0 Å². The summed E-state index contributed by atoms with van der Waals surface area (Å²) in [4.78, 5) is 17.2. The van der Waals surface area contributed by atoms with Crippen molar-refractivity contribution < 1.29 is 4.79 Å². The molecule has 0 N–H and O–H groups in total. The Morgan fingerprint density at radius 3 is 2.39 bits per heavy atom. The molecular weight excluding hydrogens is 284 g/mol. The quantitative estimate of drug-likeness (QED) is 0.757. The number of nitrogens with zero attached hydrogens (tertiary/aromatic N) is 2. The van der Waals surface area contributed by atoms with Crippen LogP contribution >= 0.6 is 0 Å². The number of amides is 1. The second kappa shape index (κ2) is 9.07. The van der Waals surface area contributed by atoms with Crippen molar-refractivity contribution in [1.82, 2.24) is 9.80 Å². The lowest BCUT2D eigenvalue weighted by molar-refractivity contribution is 0.0612. The molecule has 0 aromatic heterocycles. The number of hydrogen-bond acceptors (Lipinski definition) is 2. The van der Waals surface area contributed by atoms with Crippen LogP contribution in [0.4, 0.5) is 0 Å². The zero-order chi connectivity index (χ0) is 16.7. The highest BCUT2D eigenvalue weighted by atomic mass is 16.2. The van der Waals surface area contributed by atoms with Crippen LogP contribution in [0.2, 0.25) is 0 Å². The Morgan fingerprint density at radius 2 is 1.83 bits per heavy atom. The van der Waals surface area contributed by atoms with Crippen LogP contribution in [0.1, 0.15) is 56.8 Å². The number of piperidine rings is 1. The van der Waals surface area contributed by atoms with E-state index in [9.17, 15) is 4.79 Å². The summed E-state index contributed by atoms with van der Waals surface area (Å²) in [6.07, 6.45) is 4.69. The molecule has 1 aromatic rings. The van der Waals surface area contributed by atoms with Gasteiger partial charge in [0, 0.05) is 24.7 Å². The van der Waals surface area contributed by atoms with Crippen molar-refractivity contribution in [1.29, 1.82) is 0 Å². The van der Waals surface area contributed by atoms with Crippen molar-refractivity contribution in [3.8, 4) is 0 Å². The van der Waals surface area contributed by atoms with Crippen LogP contribution in [-0.4, -0.2) is 47.9 Å². The normalized spacial score (nSPS) is 16.3. The summed E-state index contributed by atoms with van der Waals surface area (Å²) in [5, 5.41) is 0. The summed E-state index contributed by atoms with van der Waals surface area (Å²) in [6, 6.07) is 10.3. The van der Waals surface area contributed by atoms with E-state index in [1.54, 1.807) is 0 Å². The Bertz CT molecular complexity index is 464. The lowest BCUT2D eigenvalue weighted by atomic mass is 10.0. The van der Waals surface area contributed by atoms with Crippen molar-refractivity contribution in [2.24, 2.45) is 5.92 Å². The van der Waals surface area contributed by atoms with Crippen molar-refractivity contribution >= 4 is 5.91 Å². The molecule has 0 radical (unpaired) electrons. The van der Waals surface area contributed by atoms with Gasteiger partial charge in [-0.15, -0.1) is 0 Å². The summed E-state index contributed by atoms with van der Waals surface area (Å²) in [5.74, 6) is 0.947. The number of rotatable bonds is 7. The Morgan fingerprint density at radius 1 is 1.17 bits per heavy atom. The van der Waals surface area contributed by atoms with E-state index in [-0.39, 0.29) is 5.91 Å². The lowest BCUT2D eigenvalue weighted by Gasteiger charge is -2.39. The predicted octanol–water partition coefficient (Wildman–Crippen LogP) is 4.05. The lowest BCUT2D eigenvalue weighted by Crippen LogP contribution is -2.47. The molecule has 3 heteroatoms. The third kappa shape index (κ3) is 5.35. The molecule has 1 aliphatic rings. The predicted molar refractivity (Wildman–Crippen MR) is 96.7 cm³/mol. The molecule has 2 rings (SSSR count). The summed E-state index contributed by atoms with van der Waals surface area (Å²) >= 11 is 0. The fourth-order valence-corrected chi connectivity index (χ4v) is 3.39. The molecule has 128 valence electrons. The van der Waals surface area contributed by atoms with E-state index >= 15 is 0 Å². The first-order chi connectivity index (χ1) is 11.1. The summed E-state index contributed by atoms with van der Waals surface area (Å²) in [7, 11) is 0. The minimum absolute atomic E-state index is 0.188. The van der Waals surface area contributed by atoms with Gasteiger partial charge in [-0.3, -0.25) is 4.79 Å². The molecule has 23 heavy (non-hydrogen) atoms. The van der Waals surface area contributed by atoms with Gasteiger partial charge in [0.25, 0.3) is 5.91 Å². The molecule has 3 nitrogen and oxygen atoms in total. The van der Waals surface area contributed by atoms with Crippen molar-refractivity contribution in [2.75, 3.05) is 26.2 Å². The smallest absolute Gasteiger partial charge is 0.253 e. The van der Waals surface area contributed by atoms with E-state index in [1.165, 1.54) is 25.9 Å². The van der Waals surface area contributed by atoms with Crippen LogP contribution in [0.3, 0.4) is 0 Å². The minimum Gasteiger partial charge on any atom is -0.339 e. The maximum Gasteiger partial charge on any atom is 0.253 e. The van der Waals surface area contributed by atoms with Crippen LogP contribution in [0, 0.1) is 5.92 Å². The molecule has 1 aromatic carbocycles. The molecule has 1 saturated heterocycles. The minimum atomic E-state index is 0.188. The summed E-state index contributed by atoms with van der Waals surface area (Å²) in [6.45, 7) is 11.0. The van der Waals surface area contributed by atoms with Crippen LogP contribution in [0.5, 0.6) is 0 Å². The molecule has 0 unspecified atom stereocenters. The highest BCUT2D eigenvalue weighted by Gasteiger charge is 2.26. The van der Waals surface area contributed by atoms with Gasteiger partial charge in [0.15, 0.2) is 0 Å². The molecule has 0 atom stereocenters. The van der Waals surface area contributed by atoms with Crippen molar-refractivity contribution in [2.45, 2.75) is 52.5 Å². The standard InChI is InChI=1S/C20H32N2O/c1-4-13-21(14-10-17(2)3)19-11-15-22(16-12-19)20(23)18-8-6-5-7-9-18/h5-9,17,19H,4,10-16H2,1-3H3. The third-order valence-corrected chi connectivity index (χ3v) is 4.79. The molecule has 1 aliphatic heterocycles.